The largest absolute Gasteiger partial charge is 0.462 e. The average Bonchev–Trinajstić information content (AvgIpc) is 3.70. The van der Waals surface area contributed by atoms with Crippen molar-refractivity contribution in [2.45, 2.75) is 44.9 Å². The highest BCUT2D eigenvalue weighted by Crippen LogP contribution is 2.52. The zero-order valence-electron chi connectivity index (χ0n) is 23.6. The van der Waals surface area contributed by atoms with E-state index in [0.29, 0.717) is 46.9 Å². The first-order chi connectivity index (χ1) is 19.8. The molecular weight excluding hydrogens is 523 g/mol. The lowest BCUT2D eigenvalue weighted by Crippen LogP contribution is -2.32. The van der Waals surface area contributed by atoms with E-state index in [2.05, 4.69) is 5.10 Å². The van der Waals surface area contributed by atoms with Crippen LogP contribution in [0, 0.1) is 11.7 Å². The van der Waals surface area contributed by atoms with Crippen molar-refractivity contribution in [3.63, 3.8) is 0 Å². The van der Waals surface area contributed by atoms with Gasteiger partial charge in [-0.15, -0.1) is 0 Å². The highest BCUT2D eigenvalue weighted by Gasteiger charge is 2.45. The third kappa shape index (κ3) is 5.97. The van der Waals surface area contributed by atoms with Crippen molar-refractivity contribution in [2.24, 2.45) is 17.5 Å². The smallest absolute Gasteiger partial charge is 0.341 e. The third-order valence-corrected chi connectivity index (χ3v) is 7.75. The maximum absolute atomic E-state index is 15.9. The maximum atomic E-state index is 15.9. The second-order valence-electron chi connectivity index (χ2n) is 10.7. The van der Waals surface area contributed by atoms with E-state index in [1.54, 1.807) is 54.0 Å². The van der Waals surface area contributed by atoms with Crippen LogP contribution in [0.5, 0.6) is 0 Å². The number of amides is 1. The summed E-state index contributed by atoms with van der Waals surface area (Å²) in [7, 11) is 1.69. The van der Waals surface area contributed by atoms with Crippen molar-refractivity contribution in [1.29, 1.82) is 0 Å². The summed E-state index contributed by atoms with van der Waals surface area (Å²) in [6, 6.07) is 12.2. The molecule has 0 spiro atoms. The average molecular weight is 561 g/mol. The number of nitrogens with zero attached hydrogens (tertiary/aromatic N) is 4. The van der Waals surface area contributed by atoms with Gasteiger partial charge in [0.2, 0.25) is 0 Å². The Kier molecular flexibility index (Phi) is 8.39. The molecule has 4 N–H and O–H groups in total. The molecule has 2 atom stereocenters. The summed E-state index contributed by atoms with van der Waals surface area (Å²) in [5, 5.41) is 5.95. The van der Waals surface area contributed by atoms with Gasteiger partial charge in [0.05, 0.1) is 29.7 Å². The first kappa shape index (κ1) is 28.4. The molecular formula is C31H37FN6O3. The number of ether oxygens (including phenoxy) is 1. The first-order valence-electron chi connectivity index (χ1n) is 14.2. The van der Waals surface area contributed by atoms with E-state index in [1.807, 2.05) is 18.2 Å². The number of hydrogen-bond acceptors (Lipinski definition) is 7. The molecule has 1 unspecified atom stereocenters. The van der Waals surface area contributed by atoms with E-state index in [0.717, 1.165) is 32.1 Å². The highest BCUT2D eigenvalue weighted by molar-refractivity contribution is 5.96. The van der Waals surface area contributed by atoms with Crippen LogP contribution < -0.4 is 11.6 Å². The van der Waals surface area contributed by atoms with Gasteiger partial charge in [-0.05, 0) is 49.9 Å². The number of benzene rings is 2. The van der Waals surface area contributed by atoms with E-state index < -0.39 is 11.8 Å². The molecule has 2 fully saturated rings. The van der Waals surface area contributed by atoms with Crippen LogP contribution in [0.25, 0.3) is 16.8 Å². The molecule has 2 heterocycles. The minimum Gasteiger partial charge on any atom is -0.462 e. The van der Waals surface area contributed by atoms with Gasteiger partial charge in [0.1, 0.15) is 11.4 Å². The molecule has 41 heavy (non-hydrogen) atoms. The number of halogens is 1. The van der Waals surface area contributed by atoms with Crippen LogP contribution in [-0.2, 0) is 4.74 Å². The van der Waals surface area contributed by atoms with Crippen molar-refractivity contribution in [3.8, 4) is 16.8 Å². The summed E-state index contributed by atoms with van der Waals surface area (Å²) in [5.74, 6) is 4.41. The third-order valence-electron chi connectivity index (χ3n) is 7.75. The van der Waals surface area contributed by atoms with Crippen molar-refractivity contribution < 1.29 is 18.7 Å². The summed E-state index contributed by atoms with van der Waals surface area (Å²) in [5.41, 5.74) is 9.62. The van der Waals surface area contributed by atoms with Crippen molar-refractivity contribution in [1.82, 2.24) is 19.7 Å². The minimum absolute atomic E-state index is 0.00747. The molecule has 1 saturated carbocycles. The predicted octanol–water partition coefficient (Wildman–Crippen LogP) is 4.58. The SMILES string of the molecule is CCOC(=O)c1cnn(-c2cccc(-c3cccc(C(=O)N4CCCCCC4)c3F)c2)c1C1C[C@@H]1/C(N)=C/N(C)N. The van der Waals surface area contributed by atoms with E-state index >= 15 is 4.39 Å². The van der Waals surface area contributed by atoms with Crippen molar-refractivity contribution in [2.75, 3.05) is 26.7 Å². The van der Waals surface area contributed by atoms with Gasteiger partial charge in [-0.25, -0.2) is 19.7 Å². The fraction of sp³-hybridized carbons (Fsp3) is 0.387. The molecule has 216 valence electrons. The molecule has 3 aromatic rings. The van der Waals surface area contributed by atoms with Crippen LogP contribution >= 0.6 is 0 Å². The fourth-order valence-electron chi connectivity index (χ4n) is 5.65. The Morgan fingerprint density at radius 1 is 1.12 bits per heavy atom. The minimum atomic E-state index is -0.544. The number of rotatable bonds is 8. The van der Waals surface area contributed by atoms with Crippen LogP contribution in [0.3, 0.4) is 0 Å². The quantitative estimate of drug-likeness (QED) is 0.235. The Bertz CT molecular complexity index is 1460. The second kappa shape index (κ2) is 12.1. The van der Waals surface area contributed by atoms with Crippen LogP contribution in [0.2, 0.25) is 0 Å². The van der Waals surface area contributed by atoms with Gasteiger partial charge >= 0.3 is 5.97 Å². The summed E-state index contributed by atoms with van der Waals surface area (Å²) >= 11 is 0. The number of esters is 1. The standard InChI is InChI=1S/C31H37FN6O3/c1-3-41-31(40)26-18-35-38(29(26)25-17-24(25)27(33)19-36(2)34)21-11-8-10-20(16-21)22-12-9-13-23(28(22)32)30(39)37-14-6-4-5-7-15-37/h8-13,16,18-19,24-25H,3-7,14-15,17,33-34H2,1-2H3/b27-19-/t24-,25?/m0/s1. The van der Waals surface area contributed by atoms with E-state index in [1.165, 1.54) is 11.2 Å². The monoisotopic (exact) mass is 560 g/mol. The Labute approximate surface area is 239 Å². The summed E-state index contributed by atoms with van der Waals surface area (Å²) in [6.07, 6.45) is 7.93. The van der Waals surface area contributed by atoms with Gasteiger partial charge < -0.3 is 20.4 Å². The molecule has 9 nitrogen and oxygen atoms in total. The predicted molar refractivity (Wildman–Crippen MR) is 154 cm³/mol. The Morgan fingerprint density at radius 2 is 1.85 bits per heavy atom. The molecule has 1 aliphatic carbocycles. The van der Waals surface area contributed by atoms with Crippen LogP contribution in [0.1, 0.15) is 71.4 Å². The maximum Gasteiger partial charge on any atom is 0.341 e. The zero-order chi connectivity index (χ0) is 29.1. The molecule has 2 aliphatic rings. The Morgan fingerprint density at radius 3 is 2.56 bits per heavy atom. The van der Waals surface area contributed by atoms with Gasteiger partial charge in [-0.2, -0.15) is 5.10 Å². The number of aromatic nitrogens is 2. The number of allylic oxidation sites excluding steroid dienone is 1. The number of carbonyl (C=O) groups excluding carboxylic acids is 2. The van der Waals surface area contributed by atoms with Crippen LogP contribution in [-0.4, -0.2) is 58.3 Å². The molecule has 1 amide bonds. The lowest BCUT2D eigenvalue weighted by molar-refractivity contribution is 0.0524. The fourth-order valence-corrected chi connectivity index (χ4v) is 5.65. The van der Waals surface area contributed by atoms with Gasteiger partial charge in [0.25, 0.3) is 5.91 Å². The second-order valence-corrected chi connectivity index (χ2v) is 10.7. The highest BCUT2D eigenvalue weighted by atomic mass is 19.1. The molecule has 10 heteroatoms. The van der Waals surface area contributed by atoms with E-state index in [9.17, 15) is 9.59 Å². The molecule has 0 radical (unpaired) electrons. The molecule has 2 aromatic carbocycles. The van der Waals surface area contributed by atoms with Gasteiger partial charge in [-0.1, -0.05) is 37.1 Å². The summed E-state index contributed by atoms with van der Waals surface area (Å²) < 4.78 is 22.9. The van der Waals surface area contributed by atoms with E-state index in [-0.39, 0.29) is 29.9 Å². The normalized spacial score (nSPS) is 19.0. The number of nitrogens with two attached hydrogens (primary N) is 2. The van der Waals surface area contributed by atoms with Crippen molar-refractivity contribution in [3.05, 3.63) is 83.2 Å². The molecule has 1 aliphatic heterocycles. The van der Waals surface area contributed by atoms with Gasteiger partial charge in [0, 0.05) is 49.4 Å². The molecule has 1 aromatic heterocycles. The van der Waals surface area contributed by atoms with Crippen LogP contribution in [0.15, 0.2) is 60.6 Å². The number of likely N-dealkylation sites (tertiary alicyclic amines) is 1. The topological polar surface area (TPSA) is 120 Å². The molecule has 5 rings (SSSR count). The zero-order valence-corrected chi connectivity index (χ0v) is 23.6. The molecule has 0 bridgehead atoms. The van der Waals surface area contributed by atoms with Gasteiger partial charge in [-0.3, -0.25) is 4.79 Å². The first-order valence-corrected chi connectivity index (χ1v) is 14.2. The number of carbonyl (C=O) groups is 2. The molecule has 1 saturated heterocycles. The number of hydrogen-bond donors (Lipinski definition) is 2. The van der Waals surface area contributed by atoms with E-state index in [4.69, 9.17) is 16.3 Å². The Balaban J connectivity index is 1.50. The summed E-state index contributed by atoms with van der Waals surface area (Å²) in [6.45, 7) is 3.28. The lowest BCUT2D eigenvalue weighted by atomic mass is 10.0. The van der Waals surface area contributed by atoms with Crippen LogP contribution in [0.4, 0.5) is 4.39 Å². The lowest BCUT2D eigenvalue weighted by Gasteiger charge is -2.21. The Hall–Kier alpha value is -4.18. The number of hydrazine groups is 1. The van der Waals surface area contributed by atoms with Gasteiger partial charge in [0.15, 0.2) is 0 Å². The van der Waals surface area contributed by atoms with Crippen molar-refractivity contribution >= 4 is 11.9 Å². The summed E-state index contributed by atoms with van der Waals surface area (Å²) in [4.78, 5) is 27.9.